The zero-order chi connectivity index (χ0) is 9.80. The van der Waals surface area contributed by atoms with Gasteiger partial charge in [0, 0.05) is 24.5 Å². The minimum Gasteiger partial charge on any atom is -0.380 e. The molecule has 0 amide bonds. The first-order chi connectivity index (χ1) is 6.86. The lowest BCUT2D eigenvalue weighted by Crippen LogP contribution is -2.37. The molecule has 0 aliphatic carbocycles. The van der Waals surface area contributed by atoms with Gasteiger partial charge in [0.25, 0.3) is 0 Å². The normalized spacial score (nSPS) is 23.4. The summed E-state index contributed by atoms with van der Waals surface area (Å²) in [6.07, 6.45) is 6.23. The van der Waals surface area contributed by atoms with E-state index in [1.165, 1.54) is 12.8 Å². The smallest absolute Gasteiger partial charge is 0.0529 e. The van der Waals surface area contributed by atoms with Crippen LogP contribution in [0.15, 0.2) is 24.5 Å². The maximum Gasteiger partial charge on any atom is 0.0529 e. The zero-order valence-corrected chi connectivity index (χ0v) is 8.53. The summed E-state index contributed by atoms with van der Waals surface area (Å²) < 4.78 is 0. The highest BCUT2D eigenvalue weighted by Crippen LogP contribution is 2.13. The molecule has 0 aromatic carbocycles. The third kappa shape index (κ3) is 2.23. The molecule has 76 valence electrons. The molecule has 2 rings (SSSR count). The Bertz CT molecular complexity index is 267. The molecule has 3 nitrogen and oxygen atoms in total. The SMILES string of the molecule is CC(Nc1cccnc1)C1CCCN1. The summed E-state index contributed by atoms with van der Waals surface area (Å²) in [5.74, 6) is 0. The molecule has 1 aliphatic rings. The molecule has 14 heavy (non-hydrogen) atoms. The van der Waals surface area contributed by atoms with Crippen molar-refractivity contribution >= 4 is 5.69 Å². The maximum atomic E-state index is 4.08. The van der Waals surface area contributed by atoms with Crippen molar-refractivity contribution in [2.75, 3.05) is 11.9 Å². The number of anilines is 1. The van der Waals surface area contributed by atoms with E-state index >= 15 is 0 Å². The third-order valence-electron chi connectivity index (χ3n) is 2.76. The van der Waals surface area contributed by atoms with E-state index in [0.717, 1.165) is 12.2 Å². The summed E-state index contributed by atoms with van der Waals surface area (Å²) in [6, 6.07) is 5.09. The van der Waals surface area contributed by atoms with Crippen molar-refractivity contribution in [1.29, 1.82) is 0 Å². The van der Waals surface area contributed by atoms with E-state index in [0.29, 0.717) is 12.1 Å². The van der Waals surface area contributed by atoms with Crippen molar-refractivity contribution in [1.82, 2.24) is 10.3 Å². The average Bonchev–Trinajstić information content (AvgIpc) is 2.72. The van der Waals surface area contributed by atoms with Crippen LogP contribution in [0.4, 0.5) is 5.69 Å². The number of nitrogens with zero attached hydrogens (tertiary/aromatic N) is 1. The number of nitrogens with one attached hydrogen (secondary N) is 2. The second-order valence-corrected chi connectivity index (χ2v) is 3.88. The Morgan fingerprint density at radius 2 is 2.57 bits per heavy atom. The lowest BCUT2D eigenvalue weighted by atomic mass is 10.1. The Kier molecular flexibility index (Phi) is 2.99. The summed E-state index contributed by atoms with van der Waals surface area (Å²) in [5.41, 5.74) is 1.11. The van der Waals surface area contributed by atoms with E-state index in [1.807, 2.05) is 12.3 Å². The first-order valence-corrected chi connectivity index (χ1v) is 5.26. The molecule has 1 saturated heterocycles. The number of hydrogen-bond acceptors (Lipinski definition) is 3. The molecule has 0 spiro atoms. The lowest BCUT2D eigenvalue weighted by Gasteiger charge is -2.21. The van der Waals surface area contributed by atoms with Crippen LogP contribution in [0.5, 0.6) is 0 Å². The molecule has 1 aliphatic heterocycles. The van der Waals surface area contributed by atoms with Crippen molar-refractivity contribution < 1.29 is 0 Å². The highest BCUT2D eigenvalue weighted by atomic mass is 15.0. The van der Waals surface area contributed by atoms with Crippen molar-refractivity contribution in [3.05, 3.63) is 24.5 Å². The highest BCUT2D eigenvalue weighted by Gasteiger charge is 2.20. The van der Waals surface area contributed by atoms with E-state index in [9.17, 15) is 0 Å². The van der Waals surface area contributed by atoms with Gasteiger partial charge in [-0.1, -0.05) is 0 Å². The van der Waals surface area contributed by atoms with E-state index in [1.54, 1.807) is 6.20 Å². The van der Waals surface area contributed by atoms with Gasteiger partial charge in [-0.05, 0) is 38.4 Å². The van der Waals surface area contributed by atoms with Crippen molar-refractivity contribution in [3.63, 3.8) is 0 Å². The van der Waals surface area contributed by atoms with Crippen LogP contribution in [0.1, 0.15) is 19.8 Å². The van der Waals surface area contributed by atoms with Crippen molar-refractivity contribution in [3.8, 4) is 0 Å². The minimum atomic E-state index is 0.474. The van der Waals surface area contributed by atoms with Gasteiger partial charge in [0.15, 0.2) is 0 Å². The Morgan fingerprint density at radius 3 is 3.21 bits per heavy atom. The van der Waals surface area contributed by atoms with Crippen LogP contribution in [0.2, 0.25) is 0 Å². The van der Waals surface area contributed by atoms with Gasteiger partial charge < -0.3 is 10.6 Å². The van der Waals surface area contributed by atoms with Crippen LogP contribution in [0.3, 0.4) is 0 Å². The molecule has 2 heterocycles. The molecule has 2 N–H and O–H groups in total. The minimum absolute atomic E-state index is 0.474. The van der Waals surface area contributed by atoms with E-state index in [4.69, 9.17) is 0 Å². The standard InChI is InChI=1S/C11H17N3/c1-9(11-5-3-7-13-11)14-10-4-2-6-12-8-10/h2,4,6,8-9,11,13-14H,3,5,7H2,1H3. The number of pyridine rings is 1. The molecule has 1 aromatic rings. The molecular formula is C11H17N3. The quantitative estimate of drug-likeness (QED) is 0.762. The van der Waals surface area contributed by atoms with E-state index in [-0.39, 0.29) is 0 Å². The van der Waals surface area contributed by atoms with Gasteiger partial charge in [-0.15, -0.1) is 0 Å². The monoisotopic (exact) mass is 191 g/mol. The fourth-order valence-electron chi connectivity index (χ4n) is 1.95. The molecule has 2 unspecified atom stereocenters. The predicted molar refractivity (Wildman–Crippen MR) is 58.3 cm³/mol. The molecule has 0 saturated carbocycles. The first kappa shape index (κ1) is 9.46. The third-order valence-corrected chi connectivity index (χ3v) is 2.76. The Hall–Kier alpha value is -1.09. The number of rotatable bonds is 3. The highest BCUT2D eigenvalue weighted by molar-refractivity contribution is 5.41. The molecule has 2 atom stereocenters. The zero-order valence-electron chi connectivity index (χ0n) is 8.53. The van der Waals surface area contributed by atoms with Gasteiger partial charge in [-0.3, -0.25) is 4.98 Å². The summed E-state index contributed by atoms with van der Waals surface area (Å²) in [6.45, 7) is 3.37. The van der Waals surface area contributed by atoms with Gasteiger partial charge in [0.05, 0.1) is 5.69 Å². The van der Waals surface area contributed by atoms with Crippen LogP contribution in [0.25, 0.3) is 0 Å². The molecule has 1 fully saturated rings. The number of aromatic nitrogens is 1. The molecule has 1 aromatic heterocycles. The van der Waals surface area contributed by atoms with Crippen LogP contribution in [0, 0.1) is 0 Å². The van der Waals surface area contributed by atoms with Crippen LogP contribution >= 0.6 is 0 Å². The van der Waals surface area contributed by atoms with Gasteiger partial charge in [0.2, 0.25) is 0 Å². The van der Waals surface area contributed by atoms with E-state index in [2.05, 4.69) is 28.6 Å². The van der Waals surface area contributed by atoms with Gasteiger partial charge in [0.1, 0.15) is 0 Å². The first-order valence-electron chi connectivity index (χ1n) is 5.26. The van der Waals surface area contributed by atoms with Crippen molar-refractivity contribution in [2.24, 2.45) is 0 Å². The fraction of sp³-hybridized carbons (Fsp3) is 0.545. The molecular weight excluding hydrogens is 174 g/mol. The van der Waals surface area contributed by atoms with Crippen LogP contribution in [-0.4, -0.2) is 23.6 Å². The average molecular weight is 191 g/mol. The second kappa shape index (κ2) is 4.42. The number of hydrogen-bond donors (Lipinski definition) is 2. The largest absolute Gasteiger partial charge is 0.380 e. The van der Waals surface area contributed by atoms with E-state index < -0.39 is 0 Å². The summed E-state index contributed by atoms with van der Waals surface area (Å²) >= 11 is 0. The summed E-state index contributed by atoms with van der Waals surface area (Å²) in [7, 11) is 0. The Morgan fingerprint density at radius 1 is 1.64 bits per heavy atom. The Labute approximate surface area is 84.9 Å². The molecule has 0 radical (unpaired) electrons. The van der Waals surface area contributed by atoms with Gasteiger partial charge >= 0.3 is 0 Å². The summed E-state index contributed by atoms with van der Waals surface area (Å²) in [5, 5.41) is 6.95. The van der Waals surface area contributed by atoms with Crippen molar-refractivity contribution in [2.45, 2.75) is 31.8 Å². The molecule has 3 heteroatoms. The maximum absolute atomic E-state index is 4.08. The van der Waals surface area contributed by atoms with Crippen LogP contribution in [-0.2, 0) is 0 Å². The topological polar surface area (TPSA) is 37.0 Å². The summed E-state index contributed by atoms with van der Waals surface area (Å²) in [4.78, 5) is 4.08. The fourth-order valence-corrected chi connectivity index (χ4v) is 1.95. The Balaban J connectivity index is 1.90. The second-order valence-electron chi connectivity index (χ2n) is 3.88. The lowest BCUT2D eigenvalue weighted by molar-refractivity contribution is 0.538. The van der Waals surface area contributed by atoms with Gasteiger partial charge in [-0.25, -0.2) is 0 Å². The van der Waals surface area contributed by atoms with Crippen LogP contribution < -0.4 is 10.6 Å². The predicted octanol–water partition coefficient (Wildman–Crippen LogP) is 1.63. The van der Waals surface area contributed by atoms with Gasteiger partial charge in [-0.2, -0.15) is 0 Å². The molecule has 0 bridgehead atoms.